The summed E-state index contributed by atoms with van der Waals surface area (Å²) in [7, 11) is 0. The number of fused-ring (bicyclic) bond motifs is 14. The predicted octanol–water partition coefficient (Wildman–Crippen LogP) is 16.4. The summed E-state index contributed by atoms with van der Waals surface area (Å²) in [6.07, 6.45) is 0. The van der Waals surface area contributed by atoms with E-state index in [-0.39, 0.29) is 0 Å². The Morgan fingerprint density at radius 1 is 0.361 bits per heavy atom. The summed E-state index contributed by atoms with van der Waals surface area (Å²) in [5.74, 6) is 1.60. The summed E-state index contributed by atoms with van der Waals surface area (Å²) in [6.45, 7) is 0. The minimum absolute atomic E-state index is 0.498. The first-order valence-electron chi connectivity index (χ1n) is 23.9. The van der Waals surface area contributed by atoms with Gasteiger partial charge in [-0.25, -0.2) is 15.0 Å². The zero-order valence-corrected chi connectivity index (χ0v) is 38.3. The molecule has 8 nitrogen and oxygen atoms in total. The van der Waals surface area contributed by atoms with Gasteiger partial charge in [-0.3, -0.25) is 0 Å². The topological polar surface area (TPSA) is 98.6 Å². The van der Waals surface area contributed by atoms with Gasteiger partial charge in [-0.1, -0.05) is 146 Å². The SMILES string of the molecule is N#Cc1ccc(-n2c3ccccc3c3c4oc5ccccc5c4ccc32)c(-c2cccc(-c3nc(-c4ccccc4)nc(-c4ccccc4)n3)c2-n2c3ccccc3c3c4oc5ccccc5c4ccc32)c1. The van der Waals surface area contributed by atoms with E-state index in [1.807, 2.05) is 97.1 Å². The Balaban J connectivity index is 1.09. The summed E-state index contributed by atoms with van der Waals surface area (Å²) in [5.41, 5.74) is 13.7. The Morgan fingerprint density at radius 3 is 1.43 bits per heavy atom. The van der Waals surface area contributed by atoms with Gasteiger partial charge in [0.2, 0.25) is 0 Å². The smallest absolute Gasteiger partial charge is 0.166 e. The molecule has 0 aliphatic carbocycles. The van der Waals surface area contributed by atoms with Gasteiger partial charge in [0.25, 0.3) is 0 Å². The molecule has 0 aliphatic heterocycles. The standard InChI is InChI=1S/C64H36N6O2/c65-37-38-30-33-52(69-50-26-11-7-22-46(50)57-53(69)34-31-44-41-20-9-13-28-55(41)71-60(44)57)49(36-38)43-24-15-25-48(64-67-62(39-16-3-1-4-17-39)66-63(68-64)40-18-5-2-6-19-40)59(43)70-51-27-12-8-23-47(51)58-54(70)35-32-45-42-21-10-14-29-56(42)72-61(45)58/h1-36H. The van der Waals surface area contributed by atoms with Crippen molar-refractivity contribution in [3.05, 3.63) is 224 Å². The fourth-order valence-electron chi connectivity index (χ4n) is 11.1. The lowest BCUT2D eigenvalue weighted by molar-refractivity contribution is 0.672. The summed E-state index contributed by atoms with van der Waals surface area (Å²) >= 11 is 0. The van der Waals surface area contributed by atoms with E-state index in [0.717, 1.165) is 127 Å². The van der Waals surface area contributed by atoms with E-state index in [9.17, 15) is 5.26 Å². The van der Waals surface area contributed by atoms with Gasteiger partial charge in [0.15, 0.2) is 17.5 Å². The van der Waals surface area contributed by atoms with Crippen LogP contribution < -0.4 is 0 Å². The molecule has 0 N–H and O–H groups in total. The summed E-state index contributed by atoms with van der Waals surface area (Å²) < 4.78 is 18.2. The molecule has 0 saturated heterocycles. The number of hydrogen-bond donors (Lipinski definition) is 0. The van der Waals surface area contributed by atoms with Crippen molar-refractivity contribution in [1.29, 1.82) is 5.26 Å². The second kappa shape index (κ2) is 15.5. The highest BCUT2D eigenvalue weighted by molar-refractivity contribution is 6.25. The van der Waals surface area contributed by atoms with Crippen molar-refractivity contribution in [1.82, 2.24) is 24.1 Å². The Morgan fingerprint density at radius 2 is 0.847 bits per heavy atom. The monoisotopic (exact) mass is 920 g/mol. The van der Waals surface area contributed by atoms with Crippen molar-refractivity contribution in [3.8, 4) is 62.7 Å². The predicted molar refractivity (Wildman–Crippen MR) is 290 cm³/mol. The maximum Gasteiger partial charge on any atom is 0.166 e. The van der Waals surface area contributed by atoms with Crippen LogP contribution in [0.3, 0.4) is 0 Å². The lowest BCUT2D eigenvalue weighted by Crippen LogP contribution is -2.06. The number of nitrogens with zero attached hydrogens (tertiary/aromatic N) is 6. The van der Waals surface area contributed by atoms with E-state index in [0.29, 0.717) is 23.0 Å². The molecular formula is C64H36N6O2. The third-order valence-corrected chi connectivity index (χ3v) is 14.2. The van der Waals surface area contributed by atoms with Crippen LogP contribution in [0.25, 0.3) is 144 Å². The van der Waals surface area contributed by atoms with E-state index in [1.54, 1.807) is 0 Å². The van der Waals surface area contributed by atoms with Gasteiger partial charge < -0.3 is 18.0 Å². The van der Waals surface area contributed by atoms with Gasteiger partial charge in [0, 0.05) is 60.1 Å². The summed E-state index contributed by atoms with van der Waals surface area (Å²) in [4.78, 5) is 15.8. The molecule has 5 aromatic heterocycles. The molecule has 0 amide bonds. The van der Waals surface area contributed by atoms with Gasteiger partial charge in [0.05, 0.1) is 55.8 Å². The first-order chi connectivity index (χ1) is 35.7. The zero-order chi connectivity index (χ0) is 47.4. The number of furan rings is 2. The highest BCUT2D eigenvalue weighted by atomic mass is 16.3. The number of hydrogen-bond acceptors (Lipinski definition) is 6. The van der Waals surface area contributed by atoms with Gasteiger partial charge >= 0.3 is 0 Å². The van der Waals surface area contributed by atoms with Crippen LogP contribution in [-0.4, -0.2) is 24.1 Å². The van der Waals surface area contributed by atoms with E-state index < -0.39 is 0 Å². The molecule has 0 radical (unpaired) electrons. The fourth-order valence-corrected chi connectivity index (χ4v) is 11.1. The molecule has 0 aliphatic rings. The number of para-hydroxylation sites is 5. The van der Waals surface area contributed by atoms with Crippen LogP contribution in [-0.2, 0) is 0 Å². The Labute approximate surface area is 410 Å². The lowest BCUT2D eigenvalue weighted by Gasteiger charge is -2.21. The van der Waals surface area contributed by atoms with Crippen molar-refractivity contribution < 1.29 is 8.83 Å². The van der Waals surface area contributed by atoms with E-state index >= 15 is 0 Å². The average molecular weight is 921 g/mol. The van der Waals surface area contributed by atoms with Crippen LogP contribution >= 0.6 is 0 Å². The average Bonchev–Trinajstić information content (AvgIpc) is 4.21. The van der Waals surface area contributed by atoms with Gasteiger partial charge in [0.1, 0.15) is 22.3 Å². The Bertz CT molecular complexity index is 4710. The van der Waals surface area contributed by atoms with E-state index in [4.69, 9.17) is 23.8 Å². The van der Waals surface area contributed by atoms with Gasteiger partial charge in [-0.2, -0.15) is 5.26 Å². The summed E-state index contributed by atoms with van der Waals surface area (Å²) in [6, 6.07) is 77.1. The van der Waals surface area contributed by atoms with Crippen molar-refractivity contribution in [3.63, 3.8) is 0 Å². The number of nitriles is 1. The lowest BCUT2D eigenvalue weighted by atomic mass is 9.95. The third kappa shape index (κ3) is 5.82. The molecule has 0 unspecified atom stereocenters. The maximum absolute atomic E-state index is 10.8. The molecule has 0 spiro atoms. The fraction of sp³-hybridized carbons (Fsp3) is 0. The molecule has 10 aromatic carbocycles. The van der Waals surface area contributed by atoms with Crippen molar-refractivity contribution in [2.75, 3.05) is 0 Å². The first-order valence-corrected chi connectivity index (χ1v) is 23.9. The second-order valence-corrected chi connectivity index (χ2v) is 18.2. The minimum Gasteiger partial charge on any atom is -0.455 e. The highest BCUT2D eigenvalue weighted by Crippen LogP contribution is 2.47. The van der Waals surface area contributed by atoms with Crippen LogP contribution in [0.5, 0.6) is 0 Å². The molecule has 0 saturated carbocycles. The molecule has 334 valence electrons. The first kappa shape index (κ1) is 39.9. The van der Waals surface area contributed by atoms with Crippen LogP contribution in [0.2, 0.25) is 0 Å². The number of rotatable bonds is 6. The molecule has 0 atom stereocenters. The van der Waals surface area contributed by atoms with Crippen molar-refractivity contribution in [2.45, 2.75) is 0 Å². The largest absolute Gasteiger partial charge is 0.455 e. The van der Waals surface area contributed by atoms with E-state index in [2.05, 4.69) is 137 Å². The molecule has 0 bridgehead atoms. The second-order valence-electron chi connectivity index (χ2n) is 18.2. The van der Waals surface area contributed by atoms with Crippen LogP contribution in [0.15, 0.2) is 227 Å². The summed E-state index contributed by atoms with van der Waals surface area (Å²) in [5, 5.41) is 19.1. The van der Waals surface area contributed by atoms with Crippen LogP contribution in [0, 0.1) is 11.3 Å². The quantitative estimate of drug-likeness (QED) is 0.165. The molecule has 15 aromatic rings. The van der Waals surface area contributed by atoms with E-state index in [1.165, 1.54) is 0 Å². The molecule has 0 fully saturated rings. The van der Waals surface area contributed by atoms with Crippen molar-refractivity contribution in [2.24, 2.45) is 0 Å². The van der Waals surface area contributed by atoms with Crippen LogP contribution in [0.1, 0.15) is 5.56 Å². The van der Waals surface area contributed by atoms with Gasteiger partial charge in [-0.05, 0) is 72.8 Å². The number of aromatic nitrogens is 5. The number of benzene rings is 10. The van der Waals surface area contributed by atoms with Crippen molar-refractivity contribution >= 4 is 87.5 Å². The third-order valence-electron chi connectivity index (χ3n) is 14.2. The molecule has 72 heavy (non-hydrogen) atoms. The normalized spacial score (nSPS) is 11.9. The molecule has 8 heteroatoms. The van der Waals surface area contributed by atoms with Gasteiger partial charge in [-0.15, -0.1) is 0 Å². The van der Waals surface area contributed by atoms with Crippen LogP contribution in [0.4, 0.5) is 0 Å². The molecule has 5 heterocycles. The minimum atomic E-state index is 0.498. The maximum atomic E-state index is 10.8. The highest BCUT2D eigenvalue weighted by Gasteiger charge is 2.27. The molecular weight excluding hydrogens is 885 g/mol. The molecule has 15 rings (SSSR count). The zero-order valence-electron chi connectivity index (χ0n) is 38.3. The Hall–Kier alpha value is -10.1. The Kier molecular flexibility index (Phi) is 8.55.